The number of carbonyl (C=O) groups is 1. The molecule has 0 bridgehead atoms. The highest BCUT2D eigenvalue weighted by Crippen LogP contribution is 2.37. The van der Waals surface area contributed by atoms with Crippen molar-refractivity contribution >= 4 is 29.2 Å². The first-order valence-electron chi connectivity index (χ1n) is 5.39. The van der Waals surface area contributed by atoms with Crippen molar-refractivity contribution in [1.82, 2.24) is 0 Å². The van der Waals surface area contributed by atoms with Gasteiger partial charge in [-0.3, -0.25) is 9.79 Å². The summed E-state index contributed by atoms with van der Waals surface area (Å²) in [7, 11) is 0. The van der Waals surface area contributed by atoms with Crippen molar-refractivity contribution < 1.29 is 9.90 Å². The number of dihydropyridines is 1. The smallest absolute Gasteiger partial charge is 0.305 e. The van der Waals surface area contributed by atoms with Gasteiger partial charge in [-0.25, -0.2) is 4.99 Å². The quantitative estimate of drug-likeness (QED) is 0.839. The first-order chi connectivity index (χ1) is 8.25. The fourth-order valence-corrected chi connectivity index (χ4v) is 2.16. The Labute approximate surface area is 98.0 Å². The van der Waals surface area contributed by atoms with Crippen LogP contribution in [-0.2, 0) is 4.79 Å². The van der Waals surface area contributed by atoms with Crippen molar-refractivity contribution in [3.63, 3.8) is 0 Å². The second-order valence-corrected chi connectivity index (χ2v) is 4.01. The summed E-state index contributed by atoms with van der Waals surface area (Å²) in [6, 6.07) is 7.44. The van der Waals surface area contributed by atoms with Crippen molar-refractivity contribution in [2.24, 2.45) is 9.98 Å². The molecule has 0 radical (unpaired) electrons. The highest BCUT2D eigenvalue weighted by atomic mass is 16.4. The number of allylic oxidation sites excluding steroid dienone is 1. The van der Waals surface area contributed by atoms with Gasteiger partial charge in [-0.05, 0) is 12.1 Å². The summed E-state index contributed by atoms with van der Waals surface area (Å²) in [5.41, 5.74) is 3.73. The van der Waals surface area contributed by atoms with Gasteiger partial charge in [0, 0.05) is 17.4 Å². The van der Waals surface area contributed by atoms with Gasteiger partial charge in [0.15, 0.2) is 0 Å². The van der Waals surface area contributed by atoms with Crippen LogP contribution in [0, 0.1) is 0 Å². The van der Waals surface area contributed by atoms with Gasteiger partial charge in [-0.1, -0.05) is 18.2 Å². The van der Waals surface area contributed by atoms with Crippen LogP contribution >= 0.6 is 0 Å². The topological polar surface area (TPSA) is 62.0 Å². The third-order valence-electron chi connectivity index (χ3n) is 2.90. The maximum absolute atomic E-state index is 10.8. The average Bonchev–Trinajstić information content (AvgIpc) is 2.68. The van der Waals surface area contributed by atoms with Gasteiger partial charge in [-0.2, -0.15) is 0 Å². The van der Waals surface area contributed by atoms with Crippen LogP contribution < -0.4 is 0 Å². The van der Waals surface area contributed by atoms with Crippen LogP contribution in [-0.4, -0.2) is 29.0 Å². The third kappa shape index (κ3) is 1.58. The summed E-state index contributed by atoms with van der Waals surface area (Å²) in [5, 5.41) is 8.85. The average molecular weight is 226 g/mol. The fourth-order valence-electron chi connectivity index (χ4n) is 2.16. The number of aliphatic carboxylic acids is 1. The zero-order chi connectivity index (χ0) is 11.8. The van der Waals surface area contributed by atoms with E-state index in [4.69, 9.17) is 5.11 Å². The lowest BCUT2D eigenvalue weighted by atomic mass is 9.95. The van der Waals surface area contributed by atoms with Crippen LogP contribution in [0.3, 0.4) is 0 Å². The number of rotatable bonds is 2. The normalized spacial score (nSPS) is 20.4. The molecule has 2 aliphatic heterocycles. The monoisotopic (exact) mass is 226 g/mol. The van der Waals surface area contributed by atoms with Crippen molar-refractivity contribution in [2.45, 2.75) is 12.5 Å². The van der Waals surface area contributed by atoms with E-state index >= 15 is 0 Å². The van der Waals surface area contributed by atoms with E-state index in [1.165, 1.54) is 0 Å². The molecule has 0 saturated heterocycles. The van der Waals surface area contributed by atoms with Gasteiger partial charge in [0.05, 0.1) is 17.8 Å². The molecule has 0 amide bonds. The van der Waals surface area contributed by atoms with Crippen molar-refractivity contribution in [3.8, 4) is 0 Å². The second kappa shape index (κ2) is 3.66. The van der Waals surface area contributed by atoms with E-state index in [1.807, 2.05) is 30.3 Å². The Balaban J connectivity index is 2.03. The molecule has 0 aliphatic carbocycles. The number of aliphatic imine (C=N–C) groups is 2. The summed E-state index contributed by atoms with van der Waals surface area (Å²) in [4.78, 5) is 19.4. The van der Waals surface area contributed by atoms with Crippen LogP contribution in [0.1, 0.15) is 12.0 Å². The van der Waals surface area contributed by atoms with E-state index in [2.05, 4.69) is 9.98 Å². The Kier molecular flexibility index (Phi) is 2.14. The molecule has 1 aromatic rings. The summed E-state index contributed by atoms with van der Waals surface area (Å²) in [5.74, 6) is -0.855. The Morgan fingerprint density at radius 1 is 1.35 bits per heavy atom. The Morgan fingerprint density at radius 3 is 3.00 bits per heavy atom. The first kappa shape index (κ1) is 9.96. The highest BCUT2D eigenvalue weighted by molar-refractivity contribution is 6.34. The molecule has 4 nitrogen and oxygen atoms in total. The van der Waals surface area contributed by atoms with E-state index in [-0.39, 0.29) is 12.5 Å². The molecule has 0 fully saturated rings. The molecule has 0 aromatic heterocycles. The molecular formula is C13H10N2O2. The number of para-hydroxylation sites is 1. The van der Waals surface area contributed by atoms with Gasteiger partial charge < -0.3 is 5.11 Å². The van der Waals surface area contributed by atoms with Crippen LogP contribution in [0.15, 0.2) is 40.3 Å². The minimum absolute atomic E-state index is 0.0132. The van der Waals surface area contributed by atoms with Crippen LogP contribution in [0.5, 0.6) is 0 Å². The molecule has 84 valence electrons. The summed E-state index contributed by atoms with van der Waals surface area (Å²) < 4.78 is 0. The Hall–Kier alpha value is -2.23. The Morgan fingerprint density at radius 2 is 2.18 bits per heavy atom. The van der Waals surface area contributed by atoms with Crippen LogP contribution in [0.2, 0.25) is 0 Å². The summed E-state index contributed by atoms with van der Waals surface area (Å²) in [6.07, 6.45) is 3.55. The molecular weight excluding hydrogens is 216 g/mol. The Bertz CT molecular complexity index is 585. The third-order valence-corrected chi connectivity index (χ3v) is 2.90. The number of nitrogens with zero attached hydrogens (tertiary/aromatic N) is 2. The fraction of sp³-hybridized carbons (Fsp3) is 0.154. The van der Waals surface area contributed by atoms with Gasteiger partial charge >= 0.3 is 5.97 Å². The molecule has 1 N–H and O–H groups in total. The zero-order valence-electron chi connectivity index (χ0n) is 9.00. The lowest BCUT2D eigenvalue weighted by Crippen LogP contribution is -2.24. The number of hydrogen-bond donors (Lipinski definition) is 1. The van der Waals surface area contributed by atoms with Crippen molar-refractivity contribution in [1.29, 1.82) is 0 Å². The van der Waals surface area contributed by atoms with E-state index in [1.54, 1.807) is 6.21 Å². The first-order valence-corrected chi connectivity index (χ1v) is 5.39. The number of carboxylic acids is 1. The lowest BCUT2D eigenvalue weighted by Gasteiger charge is -2.15. The van der Waals surface area contributed by atoms with Gasteiger partial charge in [0.1, 0.15) is 6.04 Å². The molecule has 0 spiro atoms. The molecule has 17 heavy (non-hydrogen) atoms. The van der Waals surface area contributed by atoms with Gasteiger partial charge in [-0.15, -0.1) is 0 Å². The van der Waals surface area contributed by atoms with E-state index in [9.17, 15) is 4.79 Å². The minimum atomic E-state index is -0.855. The highest BCUT2D eigenvalue weighted by Gasteiger charge is 2.29. The number of benzene rings is 1. The lowest BCUT2D eigenvalue weighted by molar-refractivity contribution is -0.137. The molecule has 4 heteroatoms. The molecule has 2 heterocycles. The second-order valence-electron chi connectivity index (χ2n) is 4.01. The zero-order valence-corrected chi connectivity index (χ0v) is 9.00. The largest absolute Gasteiger partial charge is 0.481 e. The van der Waals surface area contributed by atoms with Gasteiger partial charge in [0.25, 0.3) is 0 Å². The molecule has 1 unspecified atom stereocenters. The van der Waals surface area contributed by atoms with E-state index in [0.29, 0.717) is 0 Å². The molecule has 1 aromatic carbocycles. The van der Waals surface area contributed by atoms with Gasteiger partial charge in [0.2, 0.25) is 0 Å². The predicted octanol–water partition coefficient (Wildman–Crippen LogP) is 2.08. The van der Waals surface area contributed by atoms with Crippen LogP contribution in [0.4, 0.5) is 5.69 Å². The van der Waals surface area contributed by atoms with E-state index < -0.39 is 5.97 Å². The maximum Gasteiger partial charge on any atom is 0.305 e. The van der Waals surface area contributed by atoms with Crippen molar-refractivity contribution in [3.05, 3.63) is 35.9 Å². The number of fused-ring (bicyclic) bond motifs is 3. The SMILES string of the molecule is O=C(O)CC1N=CC=C2C1=Nc1ccccc12. The molecule has 1 atom stereocenters. The molecule has 3 rings (SSSR count). The number of carboxylic acid groups (broad SMARTS) is 1. The van der Waals surface area contributed by atoms with Crippen molar-refractivity contribution in [2.75, 3.05) is 0 Å². The van der Waals surface area contributed by atoms with Crippen LogP contribution in [0.25, 0.3) is 5.57 Å². The molecule has 0 saturated carbocycles. The minimum Gasteiger partial charge on any atom is -0.481 e. The molecule has 2 aliphatic rings. The summed E-state index contributed by atoms with van der Waals surface area (Å²) in [6.45, 7) is 0. The van der Waals surface area contributed by atoms with E-state index in [0.717, 1.165) is 22.5 Å². The summed E-state index contributed by atoms with van der Waals surface area (Å²) >= 11 is 0. The standard InChI is InChI=1S/C13H10N2O2/c16-12(17)7-11-13-9(5-6-14-11)8-3-1-2-4-10(8)15-13/h1-6,11H,7H2,(H,16,17). The number of hydrogen-bond acceptors (Lipinski definition) is 3. The maximum atomic E-state index is 10.8. The predicted molar refractivity (Wildman–Crippen MR) is 66.0 cm³/mol.